The first-order chi connectivity index (χ1) is 13.1. The topological polar surface area (TPSA) is 39.8 Å². The summed E-state index contributed by atoms with van der Waals surface area (Å²) in [6, 6.07) is 7.02. The molecule has 0 saturated heterocycles. The number of fused-ring (bicyclic) bond motifs is 3. The summed E-state index contributed by atoms with van der Waals surface area (Å²) < 4.78 is 49.3. The summed E-state index contributed by atoms with van der Waals surface area (Å²) in [4.78, 5) is 17.2. The zero-order valence-corrected chi connectivity index (χ0v) is 13.1. The molecule has 1 aliphatic carbocycles. The number of carbonyl (C=O) groups is 1. The largest absolute Gasteiger partial charge is 0.347 e. The van der Waals surface area contributed by atoms with Gasteiger partial charge in [-0.25, -0.2) is 4.98 Å². The number of ketones is 1. The number of imidazole rings is 1. The molecule has 0 bridgehead atoms. The van der Waals surface area contributed by atoms with Crippen LogP contribution >= 0.6 is 12.4 Å². The highest BCUT2D eigenvalue weighted by atomic mass is 35.5. The number of aryl methyl sites for hydroxylation is 2. The summed E-state index contributed by atoms with van der Waals surface area (Å²) in [6.07, 6.45) is 3.88. The van der Waals surface area contributed by atoms with Gasteiger partial charge in [-0.05, 0) is 25.8 Å². The highest BCUT2D eigenvalue weighted by Gasteiger charge is 2.32. The standard InChI is InChI=1S/C18H19N3O.ClH/c1-12-19-9-10-21(12)11-13-7-8-16-17(18(13)22)14-5-3-4-6-15(14)20(16)2;/h3-6,9-10,13H,7-8,11H2,1-2H3;1H/i1D3,2D3;. The Kier molecular flexibility index (Phi) is 2.53. The highest BCUT2D eigenvalue weighted by molar-refractivity contribution is 6.11. The molecule has 1 aliphatic rings. The molecule has 0 fully saturated rings. The average Bonchev–Trinajstić information content (AvgIpc) is 3.19. The number of nitrogens with zero attached hydrogens (tertiary/aromatic N) is 3. The third-order valence-corrected chi connectivity index (χ3v) is 4.45. The molecular weight excluding hydrogens is 310 g/mol. The predicted octanol–water partition coefficient (Wildman–Crippen LogP) is 3.55. The zero-order chi connectivity index (χ0) is 20.3. The molecule has 1 atom stereocenters. The molecule has 1 aromatic carbocycles. The van der Waals surface area contributed by atoms with E-state index in [1.54, 1.807) is 30.5 Å². The van der Waals surface area contributed by atoms with E-state index in [9.17, 15) is 4.79 Å². The lowest BCUT2D eigenvalue weighted by Gasteiger charge is -2.23. The molecule has 0 radical (unpaired) electrons. The van der Waals surface area contributed by atoms with Crippen LogP contribution in [0.3, 0.4) is 0 Å². The lowest BCUT2D eigenvalue weighted by Crippen LogP contribution is -2.27. The molecule has 2 aromatic heterocycles. The molecule has 23 heavy (non-hydrogen) atoms. The smallest absolute Gasteiger partial charge is 0.170 e. The van der Waals surface area contributed by atoms with Gasteiger partial charge in [0.1, 0.15) is 5.82 Å². The van der Waals surface area contributed by atoms with Crippen molar-refractivity contribution in [2.75, 3.05) is 0 Å². The second kappa shape index (κ2) is 5.85. The predicted molar refractivity (Wildman–Crippen MR) is 93.3 cm³/mol. The Morgan fingerprint density at radius 3 is 3.09 bits per heavy atom. The first-order valence-electron chi connectivity index (χ1n) is 10.3. The fourth-order valence-electron chi connectivity index (χ4n) is 3.34. The van der Waals surface area contributed by atoms with Crippen LogP contribution in [0.1, 0.15) is 36.5 Å². The van der Waals surface area contributed by atoms with Gasteiger partial charge in [-0.2, -0.15) is 0 Å². The minimum absolute atomic E-state index is 0. The maximum atomic E-state index is 13.3. The number of halogens is 1. The summed E-state index contributed by atoms with van der Waals surface area (Å²) >= 11 is 0. The average molecular weight is 336 g/mol. The van der Waals surface area contributed by atoms with Crippen LogP contribution in [0, 0.1) is 12.8 Å². The fraction of sp³-hybridized carbons (Fsp3) is 0.333. The third-order valence-electron chi connectivity index (χ3n) is 4.45. The number of aromatic nitrogens is 3. The van der Waals surface area contributed by atoms with E-state index in [1.165, 1.54) is 15.3 Å². The Labute approximate surface area is 150 Å². The van der Waals surface area contributed by atoms with Crippen LogP contribution < -0.4 is 0 Å². The molecule has 0 amide bonds. The van der Waals surface area contributed by atoms with Crippen LogP contribution in [-0.4, -0.2) is 19.9 Å². The van der Waals surface area contributed by atoms with E-state index in [4.69, 9.17) is 8.22 Å². The van der Waals surface area contributed by atoms with E-state index >= 15 is 0 Å². The number of hydrogen-bond acceptors (Lipinski definition) is 2. The normalized spacial score (nSPS) is 22.1. The van der Waals surface area contributed by atoms with E-state index in [0.29, 0.717) is 35.0 Å². The molecule has 0 aliphatic heterocycles. The summed E-state index contributed by atoms with van der Waals surface area (Å²) in [6.45, 7) is -4.53. The van der Waals surface area contributed by atoms with Gasteiger partial charge >= 0.3 is 0 Å². The van der Waals surface area contributed by atoms with E-state index < -0.39 is 19.7 Å². The van der Waals surface area contributed by atoms with Gasteiger partial charge in [0.25, 0.3) is 0 Å². The maximum Gasteiger partial charge on any atom is 0.170 e. The van der Waals surface area contributed by atoms with Gasteiger partial charge in [-0.3, -0.25) is 4.79 Å². The number of Topliss-reactive ketones (excluding diaryl/α,β-unsaturated/α-hetero) is 1. The number of carbonyl (C=O) groups excluding carboxylic acids is 1. The quantitative estimate of drug-likeness (QED) is 0.718. The van der Waals surface area contributed by atoms with Crippen molar-refractivity contribution in [3.8, 4) is 0 Å². The first-order valence-corrected chi connectivity index (χ1v) is 7.27. The molecule has 0 saturated carbocycles. The van der Waals surface area contributed by atoms with E-state index in [0.717, 1.165) is 0 Å². The molecule has 1 unspecified atom stereocenters. The molecular formula is C18H20ClN3O. The van der Waals surface area contributed by atoms with Crippen LogP contribution in [-0.2, 0) is 19.9 Å². The van der Waals surface area contributed by atoms with Gasteiger partial charge < -0.3 is 9.13 Å². The summed E-state index contributed by atoms with van der Waals surface area (Å²) in [5.74, 6) is -0.625. The monoisotopic (exact) mass is 335 g/mol. The van der Waals surface area contributed by atoms with E-state index in [2.05, 4.69) is 4.98 Å². The van der Waals surface area contributed by atoms with Crippen LogP contribution in [0.4, 0.5) is 0 Å². The number of hydrogen-bond donors (Lipinski definition) is 0. The van der Waals surface area contributed by atoms with Crippen LogP contribution in [0.5, 0.6) is 0 Å². The third kappa shape index (κ3) is 2.38. The maximum absolute atomic E-state index is 13.3. The Hall–Kier alpha value is -2.07. The second-order valence-electron chi connectivity index (χ2n) is 5.68. The first kappa shape index (κ1) is 9.93. The van der Waals surface area contributed by atoms with Crippen molar-refractivity contribution in [2.45, 2.75) is 26.2 Å². The minimum Gasteiger partial charge on any atom is -0.347 e. The molecule has 120 valence electrons. The van der Waals surface area contributed by atoms with Gasteiger partial charge in [0.15, 0.2) is 5.78 Å². The second-order valence-corrected chi connectivity index (χ2v) is 5.68. The molecule has 2 heterocycles. The minimum atomic E-state index is -2.38. The summed E-state index contributed by atoms with van der Waals surface area (Å²) in [5.41, 5.74) is 1.50. The number of benzene rings is 1. The Balaban J connectivity index is 0.00000240. The number of rotatable bonds is 2. The van der Waals surface area contributed by atoms with Gasteiger partial charge in [0.05, 0.1) is 0 Å². The fourth-order valence-corrected chi connectivity index (χ4v) is 3.34. The van der Waals surface area contributed by atoms with Crippen LogP contribution in [0.15, 0.2) is 36.7 Å². The van der Waals surface area contributed by atoms with Crippen molar-refractivity contribution in [1.29, 1.82) is 0 Å². The molecule has 0 N–H and O–H groups in total. The lowest BCUT2D eigenvalue weighted by molar-refractivity contribution is 0.0888. The summed E-state index contributed by atoms with van der Waals surface area (Å²) in [7, 11) is 0. The van der Waals surface area contributed by atoms with Crippen LogP contribution in [0.2, 0.25) is 0 Å². The van der Waals surface area contributed by atoms with Gasteiger partial charge in [0, 0.05) is 62.2 Å². The molecule has 4 nitrogen and oxygen atoms in total. The zero-order valence-electron chi connectivity index (χ0n) is 18.3. The van der Waals surface area contributed by atoms with Crippen molar-refractivity contribution in [1.82, 2.24) is 14.1 Å². The van der Waals surface area contributed by atoms with E-state index in [-0.39, 0.29) is 30.6 Å². The molecule has 4 rings (SSSR count). The molecule has 3 aromatic rings. The summed E-state index contributed by atoms with van der Waals surface area (Å²) in [5, 5.41) is 0.630. The Bertz CT molecular complexity index is 1070. The van der Waals surface area contributed by atoms with Gasteiger partial charge in [0.2, 0.25) is 0 Å². The lowest BCUT2D eigenvalue weighted by atomic mass is 9.85. The molecule has 0 spiro atoms. The van der Waals surface area contributed by atoms with Crippen LogP contribution in [0.25, 0.3) is 10.9 Å². The van der Waals surface area contributed by atoms with Crippen molar-refractivity contribution in [2.24, 2.45) is 12.9 Å². The molecule has 5 heteroatoms. The SMILES string of the molecule is Cl.[2H]C([2H])([2H])c1nccn1CC1CCc2c(c3ccccc3n2C([2H])([2H])[2H])C1=O. The Morgan fingerprint density at radius 1 is 1.39 bits per heavy atom. The van der Waals surface area contributed by atoms with Crippen molar-refractivity contribution in [3.63, 3.8) is 0 Å². The van der Waals surface area contributed by atoms with E-state index in [1.807, 2.05) is 0 Å². The Morgan fingerprint density at radius 2 is 2.26 bits per heavy atom. The van der Waals surface area contributed by atoms with Gasteiger partial charge in [-0.1, -0.05) is 18.2 Å². The van der Waals surface area contributed by atoms with Crippen molar-refractivity contribution in [3.05, 3.63) is 53.7 Å². The van der Waals surface area contributed by atoms with Crippen molar-refractivity contribution < 1.29 is 13.0 Å². The number of para-hydroxylation sites is 1. The van der Waals surface area contributed by atoms with Crippen molar-refractivity contribution >= 4 is 29.1 Å². The van der Waals surface area contributed by atoms with Gasteiger partial charge in [-0.15, -0.1) is 12.4 Å². The highest BCUT2D eigenvalue weighted by Crippen LogP contribution is 2.34.